The molecular formula is C17H14BrN7O2. The highest BCUT2D eigenvalue weighted by atomic mass is 79.9. The van der Waals surface area contributed by atoms with Crippen molar-refractivity contribution in [2.75, 3.05) is 18.1 Å². The molecule has 2 heterocycles. The van der Waals surface area contributed by atoms with E-state index in [2.05, 4.69) is 26.0 Å². The quantitative estimate of drug-likeness (QED) is 0.538. The molecule has 0 atom stereocenters. The molecule has 136 valence electrons. The normalized spacial score (nSPS) is 10.6. The number of benzene rings is 1. The van der Waals surface area contributed by atoms with Gasteiger partial charge in [0.05, 0.1) is 23.4 Å². The molecule has 2 aromatic heterocycles. The third-order valence-electron chi connectivity index (χ3n) is 3.79. The van der Waals surface area contributed by atoms with Crippen molar-refractivity contribution < 1.29 is 9.53 Å². The van der Waals surface area contributed by atoms with E-state index in [0.717, 1.165) is 4.47 Å². The molecule has 1 aromatic carbocycles. The van der Waals surface area contributed by atoms with E-state index in [4.69, 9.17) is 21.6 Å². The highest BCUT2D eigenvalue weighted by Crippen LogP contribution is 2.26. The fraction of sp³-hybridized carbons (Fsp3) is 0.118. The van der Waals surface area contributed by atoms with Gasteiger partial charge in [-0.1, -0.05) is 15.9 Å². The van der Waals surface area contributed by atoms with Crippen molar-refractivity contribution in [3.8, 4) is 11.8 Å². The molecule has 0 bridgehead atoms. The maximum atomic E-state index is 12.4. The van der Waals surface area contributed by atoms with Crippen LogP contribution >= 0.6 is 15.9 Å². The lowest BCUT2D eigenvalue weighted by Crippen LogP contribution is -2.27. The number of rotatable bonds is 3. The van der Waals surface area contributed by atoms with Gasteiger partial charge >= 0.3 is 5.97 Å². The average Bonchev–Trinajstić information content (AvgIpc) is 2.63. The number of pyridine rings is 1. The second-order valence-corrected chi connectivity index (χ2v) is 6.34. The van der Waals surface area contributed by atoms with Gasteiger partial charge in [0, 0.05) is 4.47 Å². The number of carbonyl (C=O) groups excluding carboxylic acids is 1. The minimum atomic E-state index is -0.732. The lowest BCUT2D eigenvalue weighted by molar-refractivity contribution is 0.0519. The zero-order valence-corrected chi connectivity index (χ0v) is 15.7. The predicted molar refractivity (Wildman–Crippen MR) is 102 cm³/mol. The minimum absolute atomic E-state index is 0.0146. The molecule has 0 saturated heterocycles. The van der Waals surface area contributed by atoms with Gasteiger partial charge in [0.15, 0.2) is 11.2 Å². The molecule has 3 rings (SSSR count). The van der Waals surface area contributed by atoms with Gasteiger partial charge in [-0.25, -0.2) is 14.5 Å². The molecule has 0 aliphatic heterocycles. The van der Waals surface area contributed by atoms with Crippen molar-refractivity contribution in [1.82, 2.24) is 14.8 Å². The van der Waals surface area contributed by atoms with Crippen molar-refractivity contribution in [3.63, 3.8) is 0 Å². The number of nitrogens with one attached hydrogen (secondary N) is 1. The van der Waals surface area contributed by atoms with Crippen molar-refractivity contribution in [2.45, 2.75) is 6.92 Å². The Balaban J connectivity index is 2.47. The van der Waals surface area contributed by atoms with E-state index < -0.39 is 5.97 Å². The molecule has 0 radical (unpaired) electrons. The number of nitrogen functional groups attached to an aromatic ring is 2. The number of carbonyl (C=O) groups is 1. The Bertz CT molecular complexity index is 1160. The number of hydrogen-bond donors (Lipinski definition) is 3. The standard InChI is InChI=1S/C17H14BrN7O2/c1-2-27-17(26)14-13-11(12(20)10(7-19)15(21)23-13)16(22)25(24-14)9-5-3-8(18)4-6-9/h3-6,22H,2H2,1H3,(H4,20,21,23). The maximum Gasteiger partial charge on any atom is 0.361 e. The van der Waals surface area contributed by atoms with Gasteiger partial charge in [0.25, 0.3) is 0 Å². The van der Waals surface area contributed by atoms with Gasteiger partial charge in [-0.2, -0.15) is 10.4 Å². The molecule has 3 aromatic rings. The van der Waals surface area contributed by atoms with Crippen LogP contribution in [0.5, 0.6) is 0 Å². The first-order chi connectivity index (χ1) is 12.9. The summed E-state index contributed by atoms with van der Waals surface area (Å²) >= 11 is 3.34. The number of anilines is 2. The first-order valence-electron chi connectivity index (χ1n) is 7.78. The van der Waals surface area contributed by atoms with Crippen LogP contribution in [0.1, 0.15) is 23.0 Å². The minimum Gasteiger partial charge on any atom is -0.461 e. The Morgan fingerprint density at radius 1 is 1.37 bits per heavy atom. The van der Waals surface area contributed by atoms with Crippen molar-refractivity contribution >= 4 is 44.3 Å². The van der Waals surface area contributed by atoms with Crippen LogP contribution in [0.3, 0.4) is 0 Å². The summed E-state index contributed by atoms with van der Waals surface area (Å²) in [6, 6.07) is 8.83. The summed E-state index contributed by atoms with van der Waals surface area (Å²) in [4.78, 5) is 16.5. The zero-order valence-electron chi connectivity index (χ0n) is 14.2. The smallest absolute Gasteiger partial charge is 0.361 e. The number of nitriles is 1. The molecule has 27 heavy (non-hydrogen) atoms. The second-order valence-electron chi connectivity index (χ2n) is 5.43. The fourth-order valence-electron chi connectivity index (χ4n) is 2.56. The lowest BCUT2D eigenvalue weighted by Gasteiger charge is -2.14. The fourth-order valence-corrected chi connectivity index (χ4v) is 2.83. The van der Waals surface area contributed by atoms with Crippen LogP contribution in [0.2, 0.25) is 0 Å². The van der Waals surface area contributed by atoms with E-state index in [-0.39, 0.29) is 45.8 Å². The molecule has 0 saturated carbocycles. The van der Waals surface area contributed by atoms with Gasteiger partial charge in [-0.3, -0.25) is 5.41 Å². The zero-order chi connectivity index (χ0) is 19.7. The second kappa shape index (κ2) is 7.05. The Labute approximate surface area is 161 Å². The molecule has 0 amide bonds. The largest absolute Gasteiger partial charge is 0.461 e. The summed E-state index contributed by atoms with van der Waals surface area (Å²) in [5.74, 6) is -0.875. The van der Waals surface area contributed by atoms with E-state index >= 15 is 0 Å². The topological polar surface area (TPSA) is 157 Å². The molecule has 0 aliphatic rings. The van der Waals surface area contributed by atoms with E-state index in [1.165, 1.54) is 4.68 Å². The van der Waals surface area contributed by atoms with Crippen LogP contribution in [-0.2, 0) is 4.74 Å². The monoisotopic (exact) mass is 427 g/mol. The highest BCUT2D eigenvalue weighted by molar-refractivity contribution is 9.10. The summed E-state index contributed by atoms with van der Waals surface area (Å²) in [5.41, 5.74) is 12.0. The van der Waals surface area contributed by atoms with E-state index in [1.54, 1.807) is 31.2 Å². The summed E-state index contributed by atoms with van der Waals surface area (Å²) in [6.45, 7) is 1.79. The van der Waals surface area contributed by atoms with Crippen molar-refractivity contribution in [2.24, 2.45) is 0 Å². The number of esters is 1. The summed E-state index contributed by atoms with van der Waals surface area (Å²) < 4.78 is 7.12. The SMILES string of the molecule is CCOC(=O)c1nn(-c2ccc(Br)cc2)c(=N)c2c(N)c(C#N)c(N)nc12. The Hall–Kier alpha value is -3.45. The van der Waals surface area contributed by atoms with Gasteiger partial charge in [0.2, 0.25) is 0 Å². The predicted octanol–water partition coefficient (Wildman–Crippen LogP) is 1.88. The molecule has 0 aliphatic carbocycles. The van der Waals surface area contributed by atoms with Crippen LogP contribution in [-0.4, -0.2) is 27.3 Å². The summed E-state index contributed by atoms with van der Waals surface area (Å²) in [6.07, 6.45) is 0. The number of halogens is 1. The third kappa shape index (κ3) is 3.09. The number of nitrogens with two attached hydrogens (primary N) is 2. The maximum absolute atomic E-state index is 12.4. The van der Waals surface area contributed by atoms with Crippen LogP contribution in [0.15, 0.2) is 28.7 Å². The summed E-state index contributed by atoms with van der Waals surface area (Å²) in [7, 11) is 0. The number of fused-ring (bicyclic) bond motifs is 1. The number of hydrogen-bond acceptors (Lipinski definition) is 8. The van der Waals surface area contributed by atoms with E-state index in [0.29, 0.717) is 5.69 Å². The molecule has 0 spiro atoms. The molecule has 0 unspecified atom stereocenters. The highest BCUT2D eigenvalue weighted by Gasteiger charge is 2.23. The van der Waals surface area contributed by atoms with Gasteiger partial charge < -0.3 is 16.2 Å². The van der Waals surface area contributed by atoms with Crippen LogP contribution in [0, 0.1) is 16.7 Å². The molecule has 10 heteroatoms. The Kier molecular flexibility index (Phi) is 4.79. The van der Waals surface area contributed by atoms with Crippen LogP contribution in [0.4, 0.5) is 11.5 Å². The summed E-state index contributed by atoms with van der Waals surface area (Å²) in [5, 5.41) is 22.2. The van der Waals surface area contributed by atoms with Gasteiger partial charge in [-0.15, -0.1) is 0 Å². The third-order valence-corrected chi connectivity index (χ3v) is 4.32. The Morgan fingerprint density at radius 3 is 2.63 bits per heavy atom. The van der Waals surface area contributed by atoms with Crippen molar-refractivity contribution in [3.05, 3.63) is 45.5 Å². The van der Waals surface area contributed by atoms with Crippen LogP contribution < -0.4 is 17.0 Å². The number of ether oxygens (including phenoxy) is 1. The van der Waals surface area contributed by atoms with E-state index in [9.17, 15) is 10.1 Å². The lowest BCUT2D eigenvalue weighted by atomic mass is 10.1. The van der Waals surface area contributed by atoms with Gasteiger partial charge in [-0.05, 0) is 31.2 Å². The molecular weight excluding hydrogens is 414 g/mol. The first kappa shape index (κ1) is 18.3. The first-order valence-corrected chi connectivity index (χ1v) is 8.58. The number of aromatic nitrogens is 3. The number of nitrogens with zero attached hydrogens (tertiary/aromatic N) is 4. The average molecular weight is 428 g/mol. The van der Waals surface area contributed by atoms with Crippen molar-refractivity contribution in [1.29, 1.82) is 10.7 Å². The molecule has 5 N–H and O–H groups in total. The molecule has 0 fully saturated rings. The van der Waals surface area contributed by atoms with E-state index in [1.807, 2.05) is 6.07 Å². The van der Waals surface area contributed by atoms with Crippen LogP contribution in [0.25, 0.3) is 16.6 Å². The Morgan fingerprint density at radius 2 is 2.04 bits per heavy atom. The molecule has 9 nitrogen and oxygen atoms in total. The van der Waals surface area contributed by atoms with Gasteiger partial charge in [0.1, 0.15) is 23.0 Å².